The van der Waals surface area contributed by atoms with Crippen LogP contribution in [-0.4, -0.2) is 58.4 Å². The Morgan fingerprint density at radius 2 is 1.84 bits per heavy atom. The second-order valence-electron chi connectivity index (χ2n) is 8.21. The van der Waals surface area contributed by atoms with Crippen molar-refractivity contribution in [1.29, 1.82) is 0 Å². The number of anilines is 2. The van der Waals surface area contributed by atoms with E-state index in [0.29, 0.717) is 22.5 Å². The summed E-state index contributed by atoms with van der Waals surface area (Å²) in [6.45, 7) is 6.95. The van der Waals surface area contributed by atoms with Gasteiger partial charge in [-0.3, -0.25) is 4.21 Å². The van der Waals surface area contributed by atoms with E-state index in [-0.39, 0.29) is 12.1 Å². The fourth-order valence-electron chi connectivity index (χ4n) is 4.12. The summed E-state index contributed by atoms with van der Waals surface area (Å²) in [7, 11) is -1.13. The number of piperidine rings is 1. The zero-order valence-corrected chi connectivity index (χ0v) is 20.3. The first-order valence-corrected chi connectivity index (χ1v) is 13.0. The van der Waals surface area contributed by atoms with Crippen molar-refractivity contribution in [2.75, 3.05) is 42.3 Å². The second kappa shape index (κ2) is 10.8. The predicted molar refractivity (Wildman–Crippen MR) is 128 cm³/mol. The largest absolute Gasteiger partial charge is 0.490 e. The van der Waals surface area contributed by atoms with Crippen LogP contribution < -0.4 is 15.0 Å². The number of halogens is 1. The molecule has 0 spiro atoms. The number of aromatic nitrogens is 2. The Hall–Kier alpha value is -1.90. The average Bonchev–Trinajstić information content (AvgIpc) is 2.81. The van der Waals surface area contributed by atoms with Gasteiger partial charge in [-0.2, -0.15) is 4.98 Å². The molecule has 2 aliphatic heterocycles. The number of benzene rings is 1. The zero-order valence-electron chi connectivity index (χ0n) is 18.7. The maximum Gasteiger partial charge on any atom is 0.227 e. The molecule has 0 saturated carbocycles. The molecule has 1 aromatic heterocycles. The summed E-state index contributed by atoms with van der Waals surface area (Å²) in [6.07, 6.45) is 3.76. The van der Waals surface area contributed by atoms with Crippen LogP contribution in [0.15, 0.2) is 29.2 Å². The van der Waals surface area contributed by atoms with Crippen molar-refractivity contribution >= 4 is 34.2 Å². The lowest BCUT2D eigenvalue weighted by Gasteiger charge is -2.33. The molecular weight excluding hydrogens is 448 g/mol. The summed E-state index contributed by atoms with van der Waals surface area (Å²) in [5.41, 5.74) is 0.782. The van der Waals surface area contributed by atoms with Crippen LogP contribution in [0.5, 0.6) is 5.75 Å². The quantitative estimate of drug-likeness (QED) is 0.638. The van der Waals surface area contributed by atoms with E-state index in [9.17, 15) is 4.21 Å². The average molecular weight is 479 g/mol. The standard InChI is InChI=1S/C23H31ClN4O3S/c1-3-32(29)21-16(2)25-23(27-22(21)26-18-10-14-30-15-11-18)28-12-8-20(9-13-28)31-19-6-4-17(24)5-7-19/h4-7,18,20H,3,8-15H2,1-2H3,(H,25,26,27). The van der Waals surface area contributed by atoms with Gasteiger partial charge in [-0.15, -0.1) is 0 Å². The summed E-state index contributed by atoms with van der Waals surface area (Å²) in [5.74, 6) is 2.78. The number of aryl methyl sites for hydroxylation is 1. The number of hydrogen-bond donors (Lipinski definition) is 1. The van der Waals surface area contributed by atoms with Crippen molar-refractivity contribution in [1.82, 2.24) is 9.97 Å². The van der Waals surface area contributed by atoms with Crippen LogP contribution >= 0.6 is 11.6 Å². The monoisotopic (exact) mass is 478 g/mol. The Balaban J connectivity index is 1.47. The van der Waals surface area contributed by atoms with Crippen LogP contribution in [0.25, 0.3) is 0 Å². The molecule has 0 bridgehead atoms. The van der Waals surface area contributed by atoms with Gasteiger partial charge in [0.05, 0.1) is 16.5 Å². The highest BCUT2D eigenvalue weighted by atomic mass is 35.5. The highest BCUT2D eigenvalue weighted by Gasteiger charge is 2.26. The maximum absolute atomic E-state index is 12.7. The van der Waals surface area contributed by atoms with E-state index >= 15 is 0 Å². The normalized spacial score (nSPS) is 19.0. The van der Waals surface area contributed by atoms with Crippen LogP contribution in [0.2, 0.25) is 5.02 Å². The predicted octanol–water partition coefficient (Wildman–Crippen LogP) is 4.20. The first-order valence-electron chi connectivity index (χ1n) is 11.3. The maximum atomic E-state index is 12.7. The summed E-state index contributed by atoms with van der Waals surface area (Å²) in [4.78, 5) is 12.5. The Morgan fingerprint density at radius 1 is 1.16 bits per heavy atom. The minimum Gasteiger partial charge on any atom is -0.490 e. The van der Waals surface area contributed by atoms with Gasteiger partial charge in [-0.25, -0.2) is 4.98 Å². The number of hydrogen-bond acceptors (Lipinski definition) is 7. The number of ether oxygens (including phenoxy) is 2. The Bertz CT molecular complexity index is 930. The third-order valence-electron chi connectivity index (χ3n) is 5.92. The molecule has 4 rings (SSSR count). The summed E-state index contributed by atoms with van der Waals surface area (Å²) in [6, 6.07) is 7.77. The highest BCUT2D eigenvalue weighted by Crippen LogP contribution is 2.28. The first-order chi connectivity index (χ1) is 15.5. The fraction of sp³-hybridized carbons (Fsp3) is 0.565. The molecule has 1 unspecified atom stereocenters. The third kappa shape index (κ3) is 5.71. The van der Waals surface area contributed by atoms with Crippen LogP contribution in [0.3, 0.4) is 0 Å². The lowest BCUT2D eigenvalue weighted by Crippen LogP contribution is -2.39. The van der Waals surface area contributed by atoms with Gasteiger partial charge in [0.2, 0.25) is 5.95 Å². The van der Waals surface area contributed by atoms with Gasteiger partial charge in [0.25, 0.3) is 0 Å². The van der Waals surface area contributed by atoms with Gasteiger partial charge < -0.3 is 19.7 Å². The molecule has 1 aromatic carbocycles. The molecule has 0 radical (unpaired) electrons. The SMILES string of the molecule is CCS(=O)c1c(C)nc(N2CCC(Oc3ccc(Cl)cc3)CC2)nc1NC1CCOCC1. The molecule has 2 aromatic rings. The molecule has 0 amide bonds. The van der Waals surface area contributed by atoms with Crippen molar-refractivity contribution < 1.29 is 13.7 Å². The molecule has 2 fully saturated rings. The molecule has 0 aliphatic carbocycles. The molecule has 7 nitrogen and oxygen atoms in total. The molecular formula is C23H31ClN4O3S. The molecule has 32 heavy (non-hydrogen) atoms. The lowest BCUT2D eigenvalue weighted by molar-refractivity contribution is 0.0903. The van der Waals surface area contributed by atoms with Gasteiger partial charge in [0, 0.05) is 56.0 Å². The summed E-state index contributed by atoms with van der Waals surface area (Å²) >= 11 is 5.96. The van der Waals surface area contributed by atoms with E-state index in [4.69, 9.17) is 31.0 Å². The Labute approximate surface area is 197 Å². The van der Waals surface area contributed by atoms with Crippen molar-refractivity contribution in [2.45, 2.75) is 56.6 Å². The molecule has 9 heteroatoms. The third-order valence-corrected chi connectivity index (χ3v) is 7.64. The van der Waals surface area contributed by atoms with Crippen LogP contribution in [0.1, 0.15) is 38.3 Å². The molecule has 2 saturated heterocycles. The highest BCUT2D eigenvalue weighted by molar-refractivity contribution is 7.85. The lowest BCUT2D eigenvalue weighted by atomic mass is 10.1. The second-order valence-corrected chi connectivity index (χ2v) is 10.3. The van der Waals surface area contributed by atoms with Crippen molar-refractivity contribution in [3.8, 4) is 5.75 Å². The number of nitrogens with zero attached hydrogens (tertiary/aromatic N) is 3. The van der Waals surface area contributed by atoms with Gasteiger partial charge in [0.15, 0.2) is 0 Å². The number of nitrogens with one attached hydrogen (secondary N) is 1. The van der Waals surface area contributed by atoms with Crippen molar-refractivity contribution in [3.05, 3.63) is 35.0 Å². The molecule has 2 aliphatic rings. The Kier molecular flexibility index (Phi) is 7.86. The zero-order chi connectivity index (χ0) is 22.5. The molecule has 1 atom stereocenters. The van der Waals surface area contributed by atoms with E-state index in [1.165, 1.54) is 0 Å². The number of rotatable bonds is 7. The van der Waals surface area contributed by atoms with E-state index < -0.39 is 10.8 Å². The van der Waals surface area contributed by atoms with Gasteiger partial charge in [-0.1, -0.05) is 18.5 Å². The molecule has 174 valence electrons. The fourth-order valence-corrected chi connectivity index (χ4v) is 5.23. The van der Waals surface area contributed by atoms with Crippen molar-refractivity contribution in [3.63, 3.8) is 0 Å². The molecule has 3 heterocycles. The smallest absolute Gasteiger partial charge is 0.227 e. The van der Waals surface area contributed by atoms with Gasteiger partial charge in [-0.05, 0) is 44.0 Å². The minimum absolute atomic E-state index is 0.153. The van der Waals surface area contributed by atoms with E-state index in [1.54, 1.807) is 0 Å². The van der Waals surface area contributed by atoms with Crippen LogP contribution in [-0.2, 0) is 15.5 Å². The summed E-state index contributed by atoms with van der Waals surface area (Å²) < 4.78 is 24.3. The summed E-state index contributed by atoms with van der Waals surface area (Å²) in [5, 5.41) is 4.25. The van der Waals surface area contributed by atoms with E-state index in [1.807, 2.05) is 38.1 Å². The van der Waals surface area contributed by atoms with E-state index in [2.05, 4.69) is 10.2 Å². The minimum atomic E-state index is -1.13. The van der Waals surface area contributed by atoms with Crippen LogP contribution in [0.4, 0.5) is 11.8 Å². The first kappa shape index (κ1) is 23.3. The topological polar surface area (TPSA) is 76.6 Å². The van der Waals surface area contributed by atoms with Crippen LogP contribution in [0, 0.1) is 6.92 Å². The van der Waals surface area contributed by atoms with E-state index in [0.717, 1.165) is 68.3 Å². The Morgan fingerprint density at radius 3 is 2.50 bits per heavy atom. The van der Waals surface area contributed by atoms with Crippen molar-refractivity contribution in [2.24, 2.45) is 0 Å². The van der Waals surface area contributed by atoms with Gasteiger partial charge >= 0.3 is 0 Å². The molecule has 1 N–H and O–H groups in total. The van der Waals surface area contributed by atoms with Gasteiger partial charge in [0.1, 0.15) is 22.6 Å².